The molecule has 0 spiro atoms. The van der Waals surface area contributed by atoms with Crippen molar-refractivity contribution < 1.29 is 19.4 Å². The van der Waals surface area contributed by atoms with E-state index in [1.807, 2.05) is 0 Å². The fourth-order valence-corrected chi connectivity index (χ4v) is 1.55. The number of nitrogens with one attached hydrogen (secondary N) is 1. The Morgan fingerprint density at radius 2 is 2.31 bits per heavy atom. The van der Waals surface area contributed by atoms with Crippen molar-refractivity contribution in [1.82, 2.24) is 0 Å². The van der Waals surface area contributed by atoms with Crippen LogP contribution >= 0.6 is 0 Å². The highest BCUT2D eigenvalue weighted by Crippen LogP contribution is 2.27. The van der Waals surface area contributed by atoms with Crippen LogP contribution in [-0.2, 0) is 16.0 Å². The maximum atomic E-state index is 11.1. The molecule has 1 aromatic carbocycles. The van der Waals surface area contributed by atoms with Crippen LogP contribution in [0.25, 0.3) is 0 Å². The third-order valence-corrected chi connectivity index (χ3v) is 2.29. The van der Waals surface area contributed by atoms with Gasteiger partial charge in [0.05, 0.1) is 19.4 Å². The molecule has 16 heavy (non-hydrogen) atoms. The Morgan fingerprint density at radius 3 is 3.06 bits per heavy atom. The second-order valence-electron chi connectivity index (χ2n) is 3.54. The first-order chi connectivity index (χ1) is 7.65. The molecular formula is C11H11NO4. The van der Waals surface area contributed by atoms with Gasteiger partial charge in [-0.3, -0.25) is 9.59 Å². The van der Waals surface area contributed by atoms with Crippen LogP contribution in [0.3, 0.4) is 0 Å². The fraction of sp³-hybridized carbons (Fsp3) is 0.273. The Kier molecular flexibility index (Phi) is 2.76. The Hall–Kier alpha value is -2.04. The Labute approximate surface area is 92.0 Å². The number of carboxylic acid groups (broad SMARTS) is 1. The first-order valence-electron chi connectivity index (χ1n) is 4.92. The number of anilines is 1. The molecule has 0 aliphatic carbocycles. The van der Waals surface area contributed by atoms with Gasteiger partial charge in [0.25, 0.3) is 0 Å². The molecule has 5 nitrogen and oxygen atoms in total. The average molecular weight is 221 g/mol. The molecular weight excluding hydrogens is 210 g/mol. The van der Waals surface area contributed by atoms with Gasteiger partial charge < -0.3 is 15.2 Å². The molecule has 1 aliphatic heterocycles. The maximum Gasteiger partial charge on any atom is 0.306 e. The molecule has 5 heteroatoms. The molecule has 1 aromatic rings. The number of aliphatic carboxylic acids is 1. The Bertz CT molecular complexity index is 442. The van der Waals surface area contributed by atoms with E-state index >= 15 is 0 Å². The lowest BCUT2D eigenvalue weighted by Crippen LogP contribution is -2.04. The second kappa shape index (κ2) is 4.22. The largest absolute Gasteiger partial charge is 0.493 e. The van der Waals surface area contributed by atoms with E-state index in [-0.39, 0.29) is 18.9 Å². The molecule has 0 unspecified atom stereocenters. The van der Waals surface area contributed by atoms with Gasteiger partial charge >= 0.3 is 5.97 Å². The zero-order chi connectivity index (χ0) is 11.5. The summed E-state index contributed by atoms with van der Waals surface area (Å²) in [6, 6.07) is 5.23. The van der Waals surface area contributed by atoms with Crippen LogP contribution in [0.2, 0.25) is 0 Å². The van der Waals surface area contributed by atoms with Crippen LogP contribution in [0.4, 0.5) is 5.69 Å². The van der Waals surface area contributed by atoms with Crippen molar-refractivity contribution in [3.8, 4) is 5.75 Å². The number of amides is 1. The SMILES string of the molecule is O=C(O)CCOc1ccc2c(c1)CC(=O)N2. The topological polar surface area (TPSA) is 75.6 Å². The summed E-state index contributed by atoms with van der Waals surface area (Å²) in [6.07, 6.45) is 0.319. The van der Waals surface area contributed by atoms with Gasteiger partial charge in [0, 0.05) is 5.69 Å². The van der Waals surface area contributed by atoms with E-state index in [2.05, 4.69) is 5.32 Å². The van der Waals surface area contributed by atoms with Gasteiger partial charge in [0.2, 0.25) is 5.91 Å². The van der Waals surface area contributed by atoms with Gasteiger partial charge in [-0.1, -0.05) is 0 Å². The minimum absolute atomic E-state index is 0.0299. The summed E-state index contributed by atoms with van der Waals surface area (Å²) < 4.78 is 5.26. The number of fused-ring (bicyclic) bond motifs is 1. The number of rotatable bonds is 4. The van der Waals surface area contributed by atoms with Crippen molar-refractivity contribution in [3.63, 3.8) is 0 Å². The van der Waals surface area contributed by atoms with Crippen molar-refractivity contribution >= 4 is 17.6 Å². The Morgan fingerprint density at radius 1 is 1.50 bits per heavy atom. The molecule has 0 bridgehead atoms. The van der Waals surface area contributed by atoms with Crippen LogP contribution in [0.5, 0.6) is 5.75 Å². The van der Waals surface area contributed by atoms with Gasteiger partial charge in [0.15, 0.2) is 0 Å². The molecule has 2 rings (SSSR count). The summed E-state index contributed by atoms with van der Waals surface area (Å²) in [5.74, 6) is -0.327. The molecule has 0 saturated carbocycles. The number of ether oxygens (including phenoxy) is 1. The van der Waals surface area contributed by atoms with E-state index in [1.165, 1.54) is 0 Å². The Balaban J connectivity index is 1.99. The summed E-state index contributed by atoms with van der Waals surface area (Å²) in [5.41, 5.74) is 1.69. The molecule has 0 radical (unpaired) electrons. The highest BCUT2D eigenvalue weighted by molar-refractivity contribution is 5.99. The van der Waals surface area contributed by atoms with Gasteiger partial charge in [-0.15, -0.1) is 0 Å². The molecule has 0 saturated heterocycles. The van der Waals surface area contributed by atoms with Crippen LogP contribution in [0.1, 0.15) is 12.0 Å². The van der Waals surface area contributed by atoms with Gasteiger partial charge in [-0.05, 0) is 23.8 Å². The van der Waals surface area contributed by atoms with Crippen molar-refractivity contribution in [2.75, 3.05) is 11.9 Å². The fourth-order valence-electron chi connectivity index (χ4n) is 1.55. The molecule has 1 heterocycles. The predicted octanol–water partition coefficient (Wildman–Crippen LogP) is 1.03. The molecule has 0 aromatic heterocycles. The van der Waals surface area contributed by atoms with E-state index in [1.54, 1.807) is 18.2 Å². The third kappa shape index (κ3) is 2.31. The minimum Gasteiger partial charge on any atom is -0.493 e. The van der Waals surface area contributed by atoms with E-state index < -0.39 is 5.97 Å². The summed E-state index contributed by atoms with van der Waals surface area (Å²) >= 11 is 0. The van der Waals surface area contributed by atoms with Gasteiger partial charge in [-0.25, -0.2) is 0 Å². The maximum absolute atomic E-state index is 11.1. The quantitative estimate of drug-likeness (QED) is 0.796. The van der Waals surface area contributed by atoms with Crippen LogP contribution < -0.4 is 10.1 Å². The zero-order valence-corrected chi connectivity index (χ0v) is 8.53. The molecule has 1 amide bonds. The second-order valence-corrected chi connectivity index (χ2v) is 3.54. The molecule has 2 N–H and O–H groups in total. The normalized spacial score (nSPS) is 13.1. The number of hydrogen-bond donors (Lipinski definition) is 2. The van der Waals surface area contributed by atoms with E-state index in [0.29, 0.717) is 12.2 Å². The van der Waals surface area contributed by atoms with Crippen molar-refractivity contribution in [2.24, 2.45) is 0 Å². The molecule has 0 fully saturated rings. The number of carboxylic acids is 1. The predicted molar refractivity (Wildman–Crippen MR) is 56.5 cm³/mol. The number of hydrogen-bond acceptors (Lipinski definition) is 3. The zero-order valence-electron chi connectivity index (χ0n) is 8.53. The summed E-state index contributed by atoms with van der Waals surface area (Å²) in [4.78, 5) is 21.4. The first-order valence-corrected chi connectivity index (χ1v) is 4.92. The number of carbonyl (C=O) groups excluding carboxylic acids is 1. The summed E-state index contributed by atoms with van der Waals surface area (Å²) in [5, 5.41) is 11.2. The molecule has 84 valence electrons. The van der Waals surface area contributed by atoms with Crippen LogP contribution in [-0.4, -0.2) is 23.6 Å². The lowest BCUT2D eigenvalue weighted by atomic mass is 10.1. The van der Waals surface area contributed by atoms with E-state index in [9.17, 15) is 9.59 Å². The van der Waals surface area contributed by atoms with Gasteiger partial charge in [-0.2, -0.15) is 0 Å². The average Bonchev–Trinajstić information content (AvgIpc) is 2.56. The van der Waals surface area contributed by atoms with Crippen LogP contribution in [0, 0.1) is 0 Å². The molecule has 0 atom stereocenters. The monoisotopic (exact) mass is 221 g/mol. The van der Waals surface area contributed by atoms with Crippen molar-refractivity contribution in [3.05, 3.63) is 23.8 Å². The molecule has 1 aliphatic rings. The van der Waals surface area contributed by atoms with Gasteiger partial charge in [0.1, 0.15) is 5.75 Å². The lowest BCUT2D eigenvalue weighted by Gasteiger charge is -2.05. The minimum atomic E-state index is -0.891. The highest BCUT2D eigenvalue weighted by Gasteiger charge is 2.17. The highest BCUT2D eigenvalue weighted by atomic mass is 16.5. The van der Waals surface area contributed by atoms with E-state index in [4.69, 9.17) is 9.84 Å². The van der Waals surface area contributed by atoms with Crippen molar-refractivity contribution in [2.45, 2.75) is 12.8 Å². The number of carbonyl (C=O) groups is 2. The standard InChI is InChI=1S/C11H11NO4/c13-10-6-7-5-8(1-2-9(7)12-10)16-4-3-11(14)15/h1-2,5H,3-4,6H2,(H,12,13)(H,14,15). The van der Waals surface area contributed by atoms with Crippen molar-refractivity contribution in [1.29, 1.82) is 0 Å². The lowest BCUT2D eigenvalue weighted by molar-refractivity contribution is -0.137. The summed E-state index contributed by atoms with van der Waals surface area (Å²) in [6.45, 7) is 0.134. The first kappa shape index (κ1) is 10.5. The van der Waals surface area contributed by atoms with E-state index in [0.717, 1.165) is 11.3 Å². The number of benzene rings is 1. The smallest absolute Gasteiger partial charge is 0.306 e. The van der Waals surface area contributed by atoms with Crippen LogP contribution in [0.15, 0.2) is 18.2 Å². The third-order valence-electron chi connectivity index (χ3n) is 2.29. The summed E-state index contributed by atoms with van der Waals surface area (Å²) in [7, 11) is 0.